The van der Waals surface area contributed by atoms with Gasteiger partial charge in [0, 0.05) is 26.2 Å². The molecule has 178 valence electrons. The fourth-order valence-electron chi connectivity index (χ4n) is 4.12. The zero-order valence-electron chi connectivity index (χ0n) is 18.0. The van der Waals surface area contributed by atoms with Crippen LogP contribution in [0.5, 0.6) is 0 Å². The van der Waals surface area contributed by atoms with E-state index in [0.717, 1.165) is 17.2 Å². The fourth-order valence-corrected chi connectivity index (χ4v) is 4.12. The lowest BCUT2D eigenvalue weighted by molar-refractivity contribution is -0.136. The molecule has 0 radical (unpaired) electrons. The van der Waals surface area contributed by atoms with Gasteiger partial charge in [0.05, 0.1) is 17.3 Å². The summed E-state index contributed by atoms with van der Waals surface area (Å²) in [7, 11) is 0. The molecular formula is C25H22F5N3O. The Balaban J connectivity index is 1.48. The minimum absolute atomic E-state index is 0.277. The van der Waals surface area contributed by atoms with Gasteiger partial charge in [-0.3, -0.25) is 4.90 Å². The maximum atomic E-state index is 13.5. The predicted octanol–water partition coefficient (Wildman–Crippen LogP) is 5.92. The van der Waals surface area contributed by atoms with Crippen molar-refractivity contribution in [3.8, 4) is 0 Å². The van der Waals surface area contributed by atoms with E-state index in [9.17, 15) is 26.7 Å². The average molecular weight is 475 g/mol. The molecule has 9 heteroatoms. The van der Waals surface area contributed by atoms with Crippen molar-refractivity contribution in [2.24, 2.45) is 0 Å². The summed E-state index contributed by atoms with van der Waals surface area (Å²) in [6.07, 6.45) is -4.58. The van der Waals surface area contributed by atoms with Crippen molar-refractivity contribution >= 4 is 11.7 Å². The molecule has 4 rings (SSSR count). The summed E-state index contributed by atoms with van der Waals surface area (Å²) in [4.78, 5) is 16.2. The van der Waals surface area contributed by atoms with Gasteiger partial charge in [0.2, 0.25) is 0 Å². The van der Waals surface area contributed by atoms with E-state index in [4.69, 9.17) is 0 Å². The SMILES string of the molecule is O=C(Nc1ccccc1C(F)(F)F)N1CCN(C(c2ccc(F)cc2)c2ccc(F)cc2)CC1. The Hall–Kier alpha value is -3.46. The number of amides is 2. The predicted molar refractivity (Wildman–Crippen MR) is 118 cm³/mol. The second-order valence-corrected chi connectivity index (χ2v) is 8.00. The molecule has 2 amide bonds. The average Bonchev–Trinajstić information content (AvgIpc) is 2.82. The summed E-state index contributed by atoms with van der Waals surface area (Å²) < 4.78 is 66.7. The molecule has 0 atom stereocenters. The largest absolute Gasteiger partial charge is 0.418 e. The maximum Gasteiger partial charge on any atom is 0.418 e. The topological polar surface area (TPSA) is 35.6 Å². The van der Waals surface area contributed by atoms with Crippen molar-refractivity contribution in [3.05, 3.63) is 101 Å². The van der Waals surface area contributed by atoms with Crippen LogP contribution >= 0.6 is 0 Å². The second-order valence-electron chi connectivity index (χ2n) is 8.00. The highest BCUT2D eigenvalue weighted by Crippen LogP contribution is 2.35. The van der Waals surface area contributed by atoms with Crippen molar-refractivity contribution in [2.45, 2.75) is 12.2 Å². The van der Waals surface area contributed by atoms with Crippen LogP contribution in [0, 0.1) is 11.6 Å². The molecule has 4 nitrogen and oxygen atoms in total. The molecule has 0 spiro atoms. The summed E-state index contributed by atoms with van der Waals surface area (Å²) in [5.74, 6) is -0.746. The van der Waals surface area contributed by atoms with E-state index in [1.54, 1.807) is 24.3 Å². The van der Waals surface area contributed by atoms with Crippen molar-refractivity contribution in [1.29, 1.82) is 0 Å². The maximum absolute atomic E-state index is 13.5. The molecule has 0 bridgehead atoms. The van der Waals surface area contributed by atoms with Crippen molar-refractivity contribution in [3.63, 3.8) is 0 Å². The van der Waals surface area contributed by atoms with Gasteiger partial charge in [-0.15, -0.1) is 0 Å². The third kappa shape index (κ3) is 5.36. The van der Waals surface area contributed by atoms with E-state index in [1.165, 1.54) is 47.4 Å². The molecule has 1 fully saturated rings. The summed E-state index contributed by atoms with van der Waals surface area (Å²) in [5.41, 5.74) is 0.419. The number of nitrogens with one attached hydrogen (secondary N) is 1. The highest BCUT2D eigenvalue weighted by molar-refractivity contribution is 5.90. The van der Waals surface area contributed by atoms with Gasteiger partial charge in [-0.05, 0) is 47.5 Å². The van der Waals surface area contributed by atoms with Crippen LogP contribution in [-0.2, 0) is 6.18 Å². The van der Waals surface area contributed by atoms with Crippen molar-refractivity contribution < 1.29 is 26.7 Å². The number of hydrogen-bond donors (Lipinski definition) is 1. The molecule has 0 unspecified atom stereocenters. The Morgan fingerprint density at radius 3 is 1.76 bits per heavy atom. The number of anilines is 1. The second kappa shape index (κ2) is 9.80. The molecule has 1 aliphatic rings. The number of halogens is 5. The first-order chi connectivity index (χ1) is 16.2. The summed E-state index contributed by atoms with van der Waals surface area (Å²) >= 11 is 0. The third-order valence-electron chi connectivity index (χ3n) is 5.81. The van der Waals surface area contributed by atoms with Gasteiger partial charge >= 0.3 is 12.2 Å². The molecule has 0 saturated carbocycles. The first-order valence-corrected chi connectivity index (χ1v) is 10.7. The van der Waals surface area contributed by atoms with Crippen LogP contribution in [0.3, 0.4) is 0 Å². The molecule has 1 heterocycles. The Bertz CT molecular complexity index is 1080. The lowest BCUT2D eigenvalue weighted by Gasteiger charge is -2.39. The number of hydrogen-bond acceptors (Lipinski definition) is 2. The van der Waals surface area contributed by atoms with Crippen LogP contribution < -0.4 is 5.32 Å². The number of alkyl halides is 3. The normalized spacial score (nSPS) is 14.9. The highest BCUT2D eigenvalue weighted by atomic mass is 19.4. The zero-order chi connectivity index (χ0) is 24.3. The minimum atomic E-state index is -4.58. The number of piperazine rings is 1. The smallest absolute Gasteiger partial charge is 0.322 e. The molecule has 0 aliphatic carbocycles. The van der Waals surface area contributed by atoms with Gasteiger partial charge in [0.1, 0.15) is 11.6 Å². The number of carbonyl (C=O) groups is 1. The van der Waals surface area contributed by atoms with Gasteiger partial charge in [-0.25, -0.2) is 13.6 Å². The summed E-state index contributed by atoms with van der Waals surface area (Å²) in [5, 5.41) is 2.37. The first kappa shape index (κ1) is 23.7. The first-order valence-electron chi connectivity index (χ1n) is 10.7. The van der Waals surface area contributed by atoms with Gasteiger partial charge < -0.3 is 10.2 Å². The van der Waals surface area contributed by atoms with E-state index in [0.29, 0.717) is 13.1 Å². The lowest BCUT2D eigenvalue weighted by Crippen LogP contribution is -2.51. The van der Waals surface area contributed by atoms with Gasteiger partial charge in [-0.2, -0.15) is 13.2 Å². The molecule has 34 heavy (non-hydrogen) atoms. The van der Waals surface area contributed by atoms with Crippen LogP contribution in [0.1, 0.15) is 22.7 Å². The molecule has 1 aliphatic heterocycles. The zero-order valence-corrected chi connectivity index (χ0v) is 18.0. The van der Waals surface area contributed by atoms with E-state index in [2.05, 4.69) is 10.2 Å². The van der Waals surface area contributed by atoms with Crippen LogP contribution in [0.4, 0.5) is 32.4 Å². The monoisotopic (exact) mass is 475 g/mol. The number of benzene rings is 3. The molecular weight excluding hydrogens is 453 g/mol. The van der Waals surface area contributed by atoms with Crippen LogP contribution in [-0.4, -0.2) is 42.0 Å². The van der Waals surface area contributed by atoms with Gasteiger partial charge in [0.25, 0.3) is 0 Å². The van der Waals surface area contributed by atoms with E-state index in [1.807, 2.05) is 0 Å². The molecule has 1 N–H and O–H groups in total. The summed E-state index contributed by atoms with van der Waals surface area (Å²) in [6.45, 7) is 1.40. The Morgan fingerprint density at radius 1 is 0.765 bits per heavy atom. The number of urea groups is 1. The molecule has 3 aromatic rings. The van der Waals surface area contributed by atoms with Crippen LogP contribution in [0.15, 0.2) is 72.8 Å². The standard InChI is InChI=1S/C25H22F5N3O/c26-19-9-5-17(6-10-19)23(18-7-11-20(27)12-8-18)32-13-15-33(16-14-32)24(34)31-22-4-2-1-3-21(22)25(28,29)30/h1-12,23H,13-16H2,(H,31,34). The minimum Gasteiger partial charge on any atom is -0.322 e. The van der Waals surface area contributed by atoms with E-state index < -0.39 is 17.8 Å². The lowest BCUT2D eigenvalue weighted by atomic mass is 9.96. The van der Waals surface area contributed by atoms with E-state index >= 15 is 0 Å². The molecule has 1 saturated heterocycles. The Labute approximate surface area is 193 Å². The fraction of sp³-hybridized carbons (Fsp3) is 0.240. The van der Waals surface area contributed by atoms with E-state index in [-0.39, 0.29) is 36.5 Å². The van der Waals surface area contributed by atoms with Crippen molar-refractivity contribution in [2.75, 3.05) is 31.5 Å². The van der Waals surface area contributed by atoms with Gasteiger partial charge in [-0.1, -0.05) is 36.4 Å². The highest BCUT2D eigenvalue weighted by Gasteiger charge is 2.34. The number of carbonyl (C=O) groups excluding carboxylic acids is 1. The van der Waals surface area contributed by atoms with Crippen molar-refractivity contribution in [1.82, 2.24) is 9.80 Å². The number of nitrogens with zero attached hydrogens (tertiary/aromatic N) is 2. The molecule has 0 aromatic heterocycles. The molecule has 3 aromatic carbocycles. The van der Waals surface area contributed by atoms with Crippen LogP contribution in [0.2, 0.25) is 0 Å². The quantitative estimate of drug-likeness (QED) is 0.476. The van der Waals surface area contributed by atoms with Gasteiger partial charge in [0.15, 0.2) is 0 Å². The number of rotatable bonds is 4. The van der Waals surface area contributed by atoms with Crippen LogP contribution in [0.25, 0.3) is 0 Å². The third-order valence-corrected chi connectivity index (χ3v) is 5.81. The number of para-hydroxylation sites is 1. The Morgan fingerprint density at radius 2 is 1.26 bits per heavy atom. The summed E-state index contributed by atoms with van der Waals surface area (Å²) in [6, 6.07) is 16.0. The Kier molecular flexibility index (Phi) is 6.83.